The van der Waals surface area contributed by atoms with Crippen LogP contribution in [0.15, 0.2) is 0 Å². The molecule has 0 radical (unpaired) electrons. The smallest absolute Gasteiger partial charge is 0.332 e. The van der Waals surface area contributed by atoms with Crippen molar-refractivity contribution in [2.75, 3.05) is 20.1 Å². The van der Waals surface area contributed by atoms with E-state index in [2.05, 4.69) is 5.32 Å². The van der Waals surface area contributed by atoms with Crippen molar-refractivity contribution in [3.05, 3.63) is 0 Å². The van der Waals surface area contributed by atoms with Crippen molar-refractivity contribution >= 4 is 5.91 Å². The fourth-order valence-electron chi connectivity index (χ4n) is 1.38. The van der Waals surface area contributed by atoms with E-state index in [1.807, 2.05) is 0 Å². The van der Waals surface area contributed by atoms with Crippen LogP contribution in [-0.4, -0.2) is 43.2 Å². The third-order valence-corrected chi connectivity index (χ3v) is 2.02. The molecule has 1 rings (SSSR count). The average Bonchev–Trinajstić information content (AvgIpc) is 2.30. The van der Waals surface area contributed by atoms with Gasteiger partial charge < -0.3 is 10.2 Å². The maximum atomic E-state index is 11.9. The van der Waals surface area contributed by atoms with Crippen LogP contribution >= 0.6 is 0 Å². The number of nitrogens with zero attached hydrogens (tertiary/aromatic N) is 1. The van der Waals surface area contributed by atoms with Crippen LogP contribution in [0.1, 0.15) is 6.42 Å². The van der Waals surface area contributed by atoms with Gasteiger partial charge in [-0.2, -0.15) is 13.2 Å². The Bertz CT molecular complexity index is 204. The minimum atomic E-state index is -4.29. The van der Waals surface area contributed by atoms with Gasteiger partial charge in [-0.25, -0.2) is 0 Å². The molecular weight excluding hydrogens is 185 g/mol. The fourth-order valence-corrected chi connectivity index (χ4v) is 1.38. The molecular formula is C7H11F3N2O. The van der Waals surface area contributed by atoms with E-state index >= 15 is 0 Å². The summed E-state index contributed by atoms with van der Waals surface area (Å²) in [7, 11) is 1.57. The van der Waals surface area contributed by atoms with Gasteiger partial charge in [0.2, 0.25) is 5.91 Å². The van der Waals surface area contributed by atoms with E-state index in [1.54, 1.807) is 7.05 Å². The van der Waals surface area contributed by atoms with Gasteiger partial charge in [0.25, 0.3) is 0 Å². The zero-order chi connectivity index (χ0) is 10.1. The number of likely N-dealkylation sites (N-methyl/N-ethyl adjacent to an activating group) is 1. The van der Waals surface area contributed by atoms with Gasteiger partial charge in [-0.05, 0) is 13.5 Å². The van der Waals surface area contributed by atoms with E-state index in [4.69, 9.17) is 0 Å². The van der Waals surface area contributed by atoms with Gasteiger partial charge in [-0.15, -0.1) is 0 Å². The third kappa shape index (κ3) is 2.58. The summed E-state index contributed by atoms with van der Waals surface area (Å²) in [5.74, 6) is -0.458. The van der Waals surface area contributed by atoms with Crippen LogP contribution in [-0.2, 0) is 4.79 Å². The van der Waals surface area contributed by atoms with E-state index in [0.29, 0.717) is 6.42 Å². The molecule has 1 N–H and O–H groups in total. The lowest BCUT2D eigenvalue weighted by molar-refractivity contribution is -0.157. The van der Waals surface area contributed by atoms with Gasteiger partial charge in [0.05, 0.1) is 6.04 Å². The van der Waals surface area contributed by atoms with E-state index in [0.717, 1.165) is 4.90 Å². The van der Waals surface area contributed by atoms with Gasteiger partial charge in [0.1, 0.15) is 6.54 Å². The molecule has 76 valence electrons. The number of likely N-dealkylation sites (tertiary alicyclic amines) is 1. The predicted molar refractivity (Wildman–Crippen MR) is 40.1 cm³/mol. The second-order valence-electron chi connectivity index (χ2n) is 3.00. The molecule has 1 heterocycles. The second kappa shape index (κ2) is 3.53. The molecule has 0 unspecified atom stereocenters. The Hall–Kier alpha value is -0.780. The SMILES string of the molecule is CN[C@@H]1CCN(CC(F)(F)F)C1=O. The van der Waals surface area contributed by atoms with Gasteiger partial charge in [0, 0.05) is 6.54 Å². The standard InChI is InChI=1S/C7H11F3N2O/c1-11-5-2-3-12(6(5)13)4-7(8,9)10/h5,11H,2-4H2,1H3/t5-/m1/s1. The van der Waals surface area contributed by atoms with Crippen molar-refractivity contribution in [1.29, 1.82) is 0 Å². The molecule has 0 aliphatic carbocycles. The summed E-state index contributed by atoms with van der Waals surface area (Å²) in [5.41, 5.74) is 0. The topological polar surface area (TPSA) is 32.3 Å². The molecule has 0 aromatic rings. The average molecular weight is 196 g/mol. The largest absolute Gasteiger partial charge is 0.406 e. The first kappa shape index (κ1) is 10.3. The third-order valence-electron chi connectivity index (χ3n) is 2.02. The summed E-state index contributed by atoms with van der Waals surface area (Å²) >= 11 is 0. The van der Waals surface area contributed by atoms with Crippen molar-refractivity contribution in [1.82, 2.24) is 10.2 Å². The van der Waals surface area contributed by atoms with Crippen LogP contribution in [0.2, 0.25) is 0 Å². The van der Waals surface area contributed by atoms with Gasteiger partial charge in [0.15, 0.2) is 0 Å². The monoisotopic (exact) mass is 196 g/mol. The highest BCUT2D eigenvalue weighted by Crippen LogP contribution is 2.20. The normalized spacial score (nSPS) is 24.2. The summed E-state index contributed by atoms with van der Waals surface area (Å²) in [5, 5.41) is 2.67. The number of carbonyl (C=O) groups excluding carboxylic acids is 1. The second-order valence-corrected chi connectivity index (χ2v) is 3.00. The molecule has 3 nitrogen and oxygen atoms in total. The van der Waals surface area contributed by atoms with E-state index < -0.39 is 24.7 Å². The van der Waals surface area contributed by atoms with Crippen LogP contribution < -0.4 is 5.32 Å². The van der Waals surface area contributed by atoms with Gasteiger partial charge in [-0.3, -0.25) is 4.79 Å². The van der Waals surface area contributed by atoms with Gasteiger partial charge in [-0.1, -0.05) is 0 Å². The molecule has 13 heavy (non-hydrogen) atoms. The molecule has 0 aromatic carbocycles. The minimum absolute atomic E-state index is 0.184. The van der Waals surface area contributed by atoms with Crippen molar-refractivity contribution in [3.63, 3.8) is 0 Å². The first-order valence-corrected chi connectivity index (χ1v) is 3.97. The molecule has 1 aliphatic rings. The first-order chi connectivity index (χ1) is 5.94. The Balaban J connectivity index is 2.51. The Morgan fingerprint density at radius 3 is 2.62 bits per heavy atom. The summed E-state index contributed by atoms with van der Waals surface area (Å²) in [6, 6.07) is -0.442. The molecule has 0 aromatic heterocycles. The van der Waals surface area contributed by atoms with Crippen molar-refractivity contribution in [2.45, 2.75) is 18.6 Å². The summed E-state index contributed by atoms with van der Waals surface area (Å²) < 4.78 is 35.7. The molecule has 1 amide bonds. The van der Waals surface area contributed by atoms with Crippen LogP contribution in [0.5, 0.6) is 0 Å². The number of amides is 1. The van der Waals surface area contributed by atoms with Crippen molar-refractivity contribution in [3.8, 4) is 0 Å². The molecule has 0 bridgehead atoms. The van der Waals surface area contributed by atoms with Crippen LogP contribution in [0, 0.1) is 0 Å². The number of carbonyl (C=O) groups is 1. The number of hydrogen-bond acceptors (Lipinski definition) is 2. The van der Waals surface area contributed by atoms with Crippen molar-refractivity contribution < 1.29 is 18.0 Å². The predicted octanol–water partition coefficient (Wildman–Crippen LogP) is 0.369. The van der Waals surface area contributed by atoms with Crippen LogP contribution in [0.25, 0.3) is 0 Å². The maximum Gasteiger partial charge on any atom is 0.406 e. The Labute approximate surface area is 73.9 Å². The Kier molecular flexibility index (Phi) is 2.80. The first-order valence-electron chi connectivity index (χ1n) is 3.97. The van der Waals surface area contributed by atoms with E-state index in [-0.39, 0.29) is 6.54 Å². The fraction of sp³-hybridized carbons (Fsp3) is 0.857. The highest BCUT2D eigenvalue weighted by Gasteiger charge is 2.38. The molecule has 1 fully saturated rings. The highest BCUT2D eigenvalue weighted by atomic mass is 19.4. The number of hydrogen-bond donors (Lipinski definition) is 1. The Morgan fingerprint density at radius 1 is 1.62 bits per heavy atom. The molecule has 0 spiro atoms. The van der Waals surface area contributed by atoms with Crippen molar-refractivity contribution in [2.24, 2.45) is 0 Å². The molecule has 1 saturated heterocycles. The van der Waals surface area contributed by atoms with Crippen LogP contribution in [0.4, 0.5) is 13.2 Å². The number of halogens is 3. The van der Waals surface area contributed by atoms with Gasteiger partial charge >= 0.3 is 6.18 Å². The summed E-state index contributed by atoms with van der Waals surface area (Å²) in [4.78, 5) is 12.0. The summed E-state index contributed by atoms with van der Waals surface area (Å²) in [6.07, 6.45) is -3.84. The lowest BCUT2D eigenvalue weighted by Gasteiger charge is -2.18. The van der Waals surface area contributed by atoms with E-state index in [1.165, 1.54) is 0 Å². The van der Waals surface area contributed by atoms with E-state index in [9.17, 15) is 18.0 Å². The zero-order valence-corrected chi connectivity index (χ0v) is 7.19. The van der Waals surface area contributed by atoms with Crippen LogP contribution in [0.3, 0.4) is 0 Å². The Morgan fingerprint density at radius 2 is 2.23 bits per heavy atom. The lowest BCUT2D eigenvalue weighted by atomic mass is 10.3. The summed E-state index contributed by atoms with van der Waals surface area (Å²) in [6.45, 7) is -0.951. The highest BCUT2D eigenvalue weighted by molar-refractivity contribution is 5.83. The molecule has 1 atom stereocenters. The number of alkyl halides is 3. The molecule has 6 heteroatoms. The maximum absolute atomic E-state index is 11.9. The number of rotatable bonds is 2. The molecule has 1 aliphatic heterocycles. The minimum Gasteiger partial charge on any atom is -0.332 e. The quantitative estimate of drug-likeness (QED) is 0.692. The lowest BCUT2D eigenvalue weighted by Crippen LogP contribution is -2.40. The molecule has 0 saturated carbocycles. The zero-order valence-electron chi connectivity index (χ0n) is 7.19. The number of nitrogens with one attached hydrogen (secondary N) is 1.